The first kappa shape index (κ1) is 15.1. The maximum Gasteiger partial charge on any atom is 0.488 e. The van der Waals surface area contributed by atoms with Crippen LogP contribution in [0, 0.1) is 6.92 Å². The minimum atomic E-state index is -1.50. The number of carbonyl (C=O) groups is 1. The van der Waals surface area contributed by atoms with Gasteiger partial charge in [0, 0.05) is 12.1 Å². The van der Waals surface area contributed by atoms with Gasteiger partial charge >= 0.3 is 7.12 Å². The Kier molecular flexibility index (Phi) is 4.62. The van der Waals surface area contributed by atoms with Gasteiger partial charge in [0.25, 0.3) is 5.91 Å². The summed E-state index contributed by atoms with van der Waals surface area (Å²) in [6.07, 6.45) is 0. The van der Waals surface area contributed by atoms with Crippen molar-refractivity contribution >= 4 is 18.5 Å². The highest BCUT2D eigenvalue weighted by Gasteiger charge is 2.12. The zero-order valence-electron chi connectivity index (χ0n) is 11.6. The van der Waals surface area contributed by atoms with Gasteiger partial charge in [-0.25, -0.2) is 0 Å². The lowest BCUT2D eigenvalue weighted by Gasteiger charge is -2.10. The lowest BCUT2D eigenvalue weighted by Crippen LogP contribution is -2.30. The molecule has 6 heteroatoms. The topological polar surface area (TPSA) is 89.8 Å². The first-order chi connectivity index (χ1) is 9.97. The molecule has 0 aliphatic heterocycles. The Balaban J connectivity index is 2.02. The van der Waals surface area contributed by atoms with Crippen LogP contribution in [0.5, 0.6) is 5.75 Å². The fourth-order valence-electron chi connectivity index (χ4n) is 1.97. The van der Waals surface area contributed by atoms with E-state index in [-0.39, 0.29) is 11.7 Å². The Morgan fingerprint density at radius 3 is 2.38 bits per heavy atom. The summed E-state index contributed by atoms with van der Waals surface area (Å²) in [6.45, 7) is 2.18. The summed E-state index contributed by atoms with van der Waals surface area (Å²) >= 11 is 0. The van der Waals surface area contributed by atoms with Gasteiger partial charge < -0.3 is 20.5 Å². The van der Waals surface area contributed by atoms with Crippen molar-refractivity contribution in [3.63, 3.8) is 0 Å². The molecule has 0 heterocycles. The van der Waals surface area contributed by atoms with Crippen LogP contribution in [-0.2, 0) is 6.54 Å². The van der Waals surface area contributed by atoms with Crippen molar-refractivity contribution in [2.75, 3.05) is 0 Å². The van der Waals surface area contributed by atoms with Crippen LogP contribution < -0.4 is 10.8 Å². The van der Waals surface area contributed by atoms with Crippen LogP contribution in [0.1, 0.15) is 21.5 Å². The van der Waals surface area contributed by atoms with E-state index in [2.05, 4.69) is 5.32 Å². The molecule has 108 valence electrons. The van der Waals surface area contributed by atoms with Crippen LogP contribution in [0.3, 0.4) is 0 Å². The largest absolute Gasteiger partial charge is 0.508 e. The van der Waals surface area contributed by atoms with Crippen LogP contribution in [0.4, 0.5) is 0 Å². The average molecular weight is 285 g/mol. The summed E-state index contributed by atoms with van der Waals surface area (Å²) in [7, 11) is -1.50. The van der Waals surface area contributed by atoms with Gasteiger partial charge in [-0.15, -0.1) is 0 Å². The number of nitrogens with one attached hydrogen (secondary N) is 1. The van der Waals surface area contributed by atoms with Crippen LogP contribution in [0.2, 0.25) is 0 Å². The minimum Gasteiger partial charge on any atom is -0.508 e. The molecule has 0 aliphatic rings. The van der Waals surface area contributed by atoms with Gasteiger partial charge in [0.05, 0.1) is 0 Å². The molecule has 0 aromatic heterocycles. The van der Waals surface area contributed by atoms with Crippen molar-refractivity contribution in [3.8, 4) is 5.75 Å². The molecule has 2 aromatic carbocycles. The number of hydrogen-bond acceptors (Lipinski definition) is 4. The maximum atomic E-state index is 11.9. The molecule has 0 radical (unpaired) electrons. The zero-order valence-corrected chi connectivity index (χ0v) is 11.6. The lowest BCUT2D eigenvalue weighted by atomic mass is 9.79. The van der Waals surface area contributed by atoms with Crippen molar-refractivity contribution < 1.29 is 19.9 Å². The highest BCUT2D eigenvalue weighted by molar-refractivity contribution is 6.58. The molecule has 0 atom stereocenters. The first-order valence-electron chi connectivity index (χ1n) is 6.50. The Bertz CT molecular complexity index is 641. The van der Waals surface area contributed by atoms with Gasteiger partial charge in [-0.2, -0.15) is 0 Å². The highest BCUT2D eigenvalue weighted by Crippen LogP contribution is 2.10. The number of hydrogen-bond donors (Lipinski definition) is 4. The summed E-state index contributed by atoms with van der Waals surface area (Å²) in [6, 6.07) is 11.0. The van der Waals surface area contributed by atoms with Gasteiger partial charge in [0.1, 0.15) is 5.75 Å². The number of rotatable bonds is 4. The smallest absolute Gasteiger partial charge is 0.488 e. The highest BCUT2D eigenvalue weighted by atomic mass is 16.4. The first-order valence-corrected chi connectivity index (χ1v) is 6.50. The third kappa shape index (κ3) is 3.84. The van der Waals surface area contributed by atoms with Gasteiger partial charge in [0.2, 0.25) is 0 Å². The summed E-state index contributed by atoms with van der Waals surface area (Å²) < 4.78 is 0. The third-order valence-electron chi connectivity index (χ3n) is 3.23. The normalized spacial score (nSPS) is 10.2. The lowest BCUT2D eigenvalue weighted by molar-refractivity contribution is 0.0951. The molecule has 0 bridgehead atoms. The van der Waals surface area contributed by atoms with E-state index in [9.17, 15) is 9.90 Å². The van der Waals surface area contributed by atoms with Gasteiger partial charge in [-0.05, 0) is 47.8 Å². The SMILES string of the molecule is Cc1cc(B(O)O)ccc1CNC(=O)c1ccc(O)cc1. The summed E-state index contributed by atoms with van der Waals surface area (Å²) in [4.78, 5) is 11.9. The molecule has 2 rings (SSSR count). The van der Waals surface area contributed by atoms with Crippen molar-refractivity contribution in [1.82, 2.24) is 5.32 Å². The van der Waals surface area contributed by atoms with E-state index in [0.29, 0.717) is 17.6 Å². The molecule has 0 saturated carbocycles. The van der Waals surface area contributed by atoms with E-state index in [1.807, 2.05) is 6.92 Å². The second kappa shape index (κ2) is 6.43. The van der Waals surface area contributed by atoms with Crippen LogP contribution in [0.15, 0.2) is 42.5 Å². The molecule has 2 aromatic rings. The fraction of sp³-hybridized carbons (Fsp3) is 0.133. The number of amides is 1. The second-order valence-electron chi connectivity index (χ2n) is 4.79. The average Bonchev–Trinajstić information content (AvgIpc) is 2.46. The molecular weight excluding hydrogens is 269 g/mol. The predicted octanol–water partition coefficient (Wildman–Crippen LogP) is 0.310. The second-order valence-corrected chi connectivity index (χ2v) is 4.79. The monoisotopic (exact) mass is 285 g/mol. The standard InChI is InChI=1S/C15H16BNO4/c1-10-8-13(16(20)21)5-2-12(10)9-17-15(19)11-3-6-14(18)7-4-11/h2-8,18,20-21H,9H2,1H3,(H,17,19). The van der Waals surface area contributed by atoms with Crippen LogP contribution >= 0.6 is 0 Å². The zero-order chi connectivity index (χ0) is 15.4. The van der Waals surface area contributed by atoms with Crippen molar-refractivity contribution in [3.05, 3.63) is 59.2 Å². The number of benzene rings is 2. The number of phenolic OH excluding ortho intramolecular Hbond substituents is 1. The van der Waals surface area contributed by atoms with Gasteiger partial charge in [-0.3, -0.25) is 4.79 Å². The molecule has 0 spiro atoms. The quantitative estimate of drug-likeness (QED) is 0.609. The van der Waals surface area contributed by atoms with E-state index in [1.165, 1.54) is 12.1 Å². The molecular formula is C15H16BNO4. The van der Waals surface area contributed by atoms with Crippen molar-refractivity contribution in [1.29, 1.82) is 0 Å². The Morgan fingerprint density at radius 1 is 1.14 bits per heavy atom. The van der Waals surface area contributed by atoms with E-state index < -0.39 is 7.12 Å². The Hall–Kier alpha value is -2.31. The van der Waals surface area contributed by atoms with E-state index in [4.69, 9.17) is 10.0 Å². The van der Waals surface area contributed by atoms with Crippen LogP contribution in [0.25, 0.3) is 0 Å². The number of aryl methyl sites for hydroxylation is 1. The molecule has 0 fully saturated rings. The predicted molar refractivity (Wildman–Crippen MR) is 80.3 cm³/mol. The summed E-state index contributed by atoms with van der Waals surface area (Å²) in [5, 5.41) is 30.1. The summed E-state index contributed by atoms with van der Waals surface area (Å²) in [5.74, 6) is -0.124. The van der Waals surface area contributed by atoms with Crippen LogP contribution in [-0.4, -0.2) is 28.2 Å². The minimum absolute atomic E-state index is 0.112. The van der Waals surface area contributed by atoms with Gasteiger partial charge in [0.15, 0.2) is 0 Å². The molecule has 4 N–H and O–H groups in total. The number of aromatic hydroxyl groups is 1. The fourth-order valence-corrected chi connectivity index (χ4v) is 1.97. The molecule has 0 unspecified atom stereocenters. The van der Waals surface area contributed by atoms with Crippen molar-refractivity contribution in [2.45, 2.75) is 13.5 Å². The third-order valence-corrected chi connectivity index (χ3v) is 3.23. The number of phenols is 1. The van der Waals surface area contributed by atoms with Gasteiger partial charge in [-0.1, -0.05) is 18.2 Å². The molecule has 21 heavy (non-hydrogen) atoms. The van der Waals surface area contributed by atoms with E-state index in [1.54, 1.807) is 30.3 Å². The maximum absolute atomic E-state index is 11.9. The summed E-state index contributed by atoms with van der Waals surface area (Å²) in [5.41, 5.74) is 2.65. The number of carbonyl (C=O) groups excluding carboxylic acids is 1. The Morgan fingerprint density at radius 2 is 1.81 bits per heavy atom. The van der Waals surface area contributed by atoms with Crippen molar-refractivity contribution in [2.24, 2.45) is 0 Å². The molecule has 5 nitrogen and oxygen atoms in total. The molecule has 0 aliphatic carbocycles. The Labute approximate surface area is 123 Å². The van der Waals surface area contributed by atoms with E-state index in [0.717, 1.165) is 11.1 Å². The van der Waals surface area contributed by atoms with E-state index >= 15 is 0 Å². The molecule has 0 saturated heterocycles. The molecule has 1 amide bonds.